The summed E-state index contributed by atoms with van der Waals surface area (Å²) in [6.07, 6.45) is 5.98. The average molecular weight is 412 g/mol. The van der Waals surface area contributed by atoms with Crippen molar-refractivity contribution in [1.29, 1.82) is 0 Å². The Labute approximate surface area is 176 Å². The van der Waals surface area contributed by atoms with E-state index in [0.29, 0.717) is 11.2 Å². The number of carbonyl (C=O) groups is 1. The van der Waals surface area contributed by atoms with Gasteiger partial charge in [-0.05, 0) is 39.7 Å². The van der Waals surface area contributed by atoms with E-state index in [-0.39, 0.29) is 11.2 Å². The zero-order valence-electron chi connectivity index (χ0n) is 17.5. The van der Waals surface area contributed by atoms with E-state index in [2.05, 4.69) is 45.6 Å². The molecule has 1 aliphatic rings. The standard InChI is InChI=1S/C22H29N5OS/c1-4-26(16-11-7-6-8-12-16)21(28)15(3)29-22-23-20-19(24-25-22)17-13-9-10-14-18(17)27(20)5-2/h9-10,13-16H,4-8,11-12H2,1-3H3/t15-/m0/s1. The van der Waals surface area contributed by atoms with Gasteiger partial charge in [-0.1, -0.05) is 49.2 Å². The summed E-state index contributed by atoms with van der Waals surface area (Å²) < 4.78 is 2.16. The van der Waals surface area contributed by atoms with Crippen LogP contribution >= 0.6 is 11.8 Å². The number of rotatable bonds is 6. The van der Waals surface area contributed by atoms with Gasteiger partial charge in [-0.15, -0.1) is 10.2 Å². The van der Waals surface area contributed by atoms with Gasteiger partial charge in [-0.2, -0.15) is 0 Å². The monoisotopic (exact) mass is 411 g/mol. The first-order valence-corrected chi connectivity index (χ1v) is 11.6. The molecule has 1 aliphatic carbocycles. The molecule has 1 aromatic carbocycles. The highest BCUT2D eigenvalue weighted by molar-refractivity contribution is 8.00. The number of aryl methyl sites for hydroxylation is 1. The number of thioether (sulfide) groups is 1. The van der Waals surface area contributed by atoms with Crippen LogP contribution in [0.2, 0.25) is 0 Å². The van der Waals surface area contributed by atoms with Crippen molar-refractivity contribution >= 4 is 39.7 Å². The van der Waals surface area contributed by atoms with E-state index < -0.39 is 0 Å². The SMILES string of the molecule is CCN(C(=O)[C@H](C)Sc1nnc2c3ccccc3n(CC)c2n1)C1CCCCC1. The first kappa shape index (κ1) is 20.1. The van der Waals surface area contributed by atoms with Gasteiger partial charge in [-0.3, -0.25) is 4.79 Å². The second-order valence-electron chi connectivity index (χ2n) is 7.70. The molecule has 0 aliphatic heterocycles. The van der Waals surface area contributed by atoms with Crippen LogP contribution in [0.25, 0.3) is 22.1 Å². The van der Waals surface area contributed by atoms with E-state index in [1.54, 1.807) is 0 Å². The van der Waals surface area contributed by atoms with Crippen LogP contribution in [0.3, 0.4) is 0 Å². The van der Waals surface area contributed by atoms with Crippen molar-refractivity contribution in [2.24, 2.45) is 0 Å². The fraction of sp³-hybridized carbons (Fsp3) is 0.545. The summed E-state index contributed by atoms with van der Waals surface area (Å²) in [5, 5.41) is 10.2. The number of fused-ring (bicyclic) bond motifs is 3. The zero-order valence-corrected chi connectivity index (χ0v) is 18.3. The highest BCUT2D eigenvalue weighted by Gasteiger charge is 2.28. The number of amides is 1. The lowest BCUT2D eigenvalue weighted by molar-refractivity contribution is -0.133. The molecule has 1 amide bonds. The average Bonchev–Trinajstić information content (AvgIpc) is 3.07. The molecule has 1 saturated carbocycles. The van der Waals surface area contributed by atoms with Crippen LogP contribution < -0.4 is 0 Å². The first-order valence-electron chi connectivity index (χ1n) is 10.7. The van der Waals surface area contributed by atoms with Crippen molar-refractivity contribution in [3.05, 3.63) is 24.3 Å². The third-order valence-electron chi connectivity index (χ3n) is 5.94. The summed E-state index contributed by atoms with van der Waals surface area (Å²) in [5.74, 6) is 0.184. The highest BCUT2D eigenvalue weighted by Crippen LogP contribution is 2.29. The third kappa shape index (κ3) is 3.84. The molecular formula is C22H29N5OS. The van der Waals surface area contributed by atoms with Gasteiger partial charge in [0.15, 0.2) is 5.65 Å². The molecular weight excluding hydrogens is 382 g/mol. The van der Waals surface area contributed by atoms with E-state index >= 15 is 0 Å². The molecule has 0 saturated heterocycles. The molecule has 29 heavy (non-hydrogen) atoms. The van der Waals surface area contributed by atoms with Gasteiger partial charge < -0.3 is 9.47 Å². The Kier molecular flexibility index (Phi) is 6.04. The van der Waals surface area contributed by atoms with Gasteiger partial charge in [0.25, 0.3) is 0 Å². The van der Waals surface area contributed by atoms with Crippen LogP contribution in [0.1, 0.15) is 52.9 Å². The van der Waals surface area contributed by atoms with Crippen LogP contribution in [-0.2, 0) is 11.3 Å². The number of carbonyl (C=O) groups excluding carboxylic acids is 1. The number of hydrogen-bond acceptors (Lipinski definition) is 5. The summed E-state index contributed by atoms with van der Waals surface area (Å²) in [5.41, 5.74) is 2.78. The predicted molar refractivity (Wildman–Crippen MR) is 118 cm³/mol. The van der Waals surface area contributed by atoms with Crippen molar-refractivity contribution in [2.45, 2.75) is 75.9 Å². The summed E-state index contributed by atoms with van der Waals surface area (Å²) in [7, 11) is 0. The number of para-hydroxylation sites is 1. The van der Waals surface area contributed by atoms with Crippen LogP contribution in [0, 0.1) is 0 Å². The second-order valence-corrected chi connectivity index (χ2v) is 9.01. The van der Waals surface area contributed by atoms with E-state index in [1.807, 2.05) is 19.1 Å². The van der Waals surface area contributed by atoms with Gasteiger partial charge in [0.1, 0.15) is 5.52 Å². The molecule has 0 unspecified atom stereocenters. The van der Waals surface area contributed by atoms with E-state index in [4.69, 9.17) is 4.98 Å². The maximum Gasteiger partial charge on any atom is 0.236 e. The van der Waals surface area contributed by atoms with Gasteiger partial charge >= 0.3 is 0 Å². The molecule has 4 rings (SSSR count). The van der Waals surface area contributed by atoms with Crippen molar-refractivity contribution in [3.8, 4) is 0 Å². The minimum Gasteiger partial charge on any atom is -0.339 e. The summed E-state index contributed by atoms with van der Waals surface area (Å²) in [6, 6.07) is 8.57. The van der Waals surface area contributed by atoms with Gasteiger partial charge in [0.2, 0.25) is 11.1 Å². The maximum atomic E-state index is 13.1. The quantitative estimate of drug-likeness (QED) is 0.552. The Morgan fingerprint density at radius 3 is 2.69 bits per heavy atom. The molecule has 0 radical (unpaired) electrons. The summed E-state index contributed by atoms with van der Waals surface area (Å²) in [4.78, 5) is 20.0. The molecule has 2 heterocycles. The lowest BCUT2D eigenvalue weighted by Gasteiger charge is -2.35. The van der Waals surface area contributed by atoms with E-state index in [0.717, 1.165) is 48.0 Å². The summed E-state index contributed by atoms with van der Waals surface area (Å²) in [6.45, 7) is 7.72. The topological polar surface area (TPSA) is 63.9 Å². The first-order chi connectivity index (χ1) is 14.1. The van der Waals surface area contributed by atoms with Crippen LogP contribution in [0.4, 0.5) is 0 Å². The van der Waals surface area contributed by atoms with Crippen molar-refractivity contribution in [3.63, 3.8) is 0 Å². The van der Waals surface area contributed by atoms with Crippen molar-refractivity contribution in [1.82, 2.24) is 24.6 Å². The summed E-state index contributed by atoms with van der Waals surface area (Å²) >= 11 is 1.41. The predicted octanol–water partition coefficient (Wildman–Crippen LogP) is 4.66. The molecule has 7 heteroatoms. The Hall–Kier alpha value is -2.15. The zero-order chi connectivity index (χ0) is 20.4. The van der Waals surface area contributed by atoms with Crippen LogP contribution in [0.15, 0.2) is 29.4 Å². The molecule has 3 aromatic rings. The third-order valence-corrected chi connectivity index (χ3v) is 6.88. The van der Waals surface area contributed by atoms with Crippen LogP contribution in [-0.4, -0.2) is 48.4 Å². The Balaban J connectivity index is 1.58. The van der Waals surface area contributed by atoms with Crippen LogP contribution in [0.5, 0.6) is 0 Å². The molecule has 2 aromatic heterocycles. The van der Waals surface area contributed by atoms with Gasteiger partial charge in [0, 0.05) is 24.5 Å². The molecule has 0 spiro atoms. The molecule has 154 valence electrons. The number of hydrogen-bond donors (Lipinski definition) is 0. The smallest absolute Gasteiger partial charge is 0.236 e. The lowest BCUT2D eigenvalue weighted by atomic mass is 9.94. The number of nitrogens with zero attached hydrogens (tertiary/aromatic N) is 5. The fourth-order valence-electron chi connectivity index (χ4n) is 4.49. The molecule has 6 nitrogen and oxygen atoms in total. The molecule has 1 fully saturated rings. The largest absolute Gasteiger partial charge is 0.339 e. The minimum atomic E-state index is -0.226. The van der Waals surface area contributed by atoms with Crippen molar-refractivity contribution in [2.75, 3.05) is 6.54 Å². The normalized spacial score (nSPS) is 16.4. The van der Waals surface area contributed by atoms with Gasteiger partial charge in [-0.25, -0.2) is 4.98 Å². The molecule has 0 bridgehead atoms. The molecule has 0 N–H and O–H groups in total. The Bertz CT molecular complexity index is 1010. The number of benzene rings is 1. The lowest BCUT2D eigenvalue weighted by Crippen LogP contribution is -2.44. The van der Waals surface area contributed by atoms with Crippen molar-refractivity contribution < 1.29 is 4.79 Å². The second kappa shape index (κ2) is 8.69. The Morgan fingerprint density at radius 2 is 1.97 bits per heavy atom. The van der Waals surface area contributed by atoms with Gasteiger partial charge in [0.05, 0.1) is 10.8 Å². The highest BCUT2D eigenvalue weighted by atomic mass is 32.2. The molecule has 1 atom stereocenters. The number of aromatic nitrogens is 4. The minimum absolute atomic E-state index is 0.184. The Morgan fingerprint density at radius 1 is 1.21 bits per heavy atom. The van der Waals surface area contributed by atoms with E-state index in [9.17, 15) is 4.79 Å². The van der Waals surface area contributed by atoms with E-state index in [1.165, 1.54) is 31.0 Å². The fourth-order valence-corrected chi connectivity index (χ4v) is 5.27. The maximum absolute atomic E-state index is 13.1.